The summed E-state index contributed by atoms with van der Waals surface area (Å²) in [5, 5.41) is 0. The van der Waals surface area contributed by atoms with Gasteiger partial charge in [-0.25, -0.2) is 0 Å². The first kappa shape index (κ1) is 13.6. The Bertz CT molecular complexity index is 334. The zero-order valence-corrected chi connectivity index (χ0v) is 12.2. The van der Waals surface area contributed by atoms with Gasteiger partial charge in [-0.15, -0.1) is 0 Å². The second kappa shape index (κ2) is 6.29. The maximum atomic E-state index is 5.39. The number of rotatable bonds is 5. The van der Waals surface area contributed by atoms with Crippen molar-refractivity contribution in [2.75, 3.05) is 7.11 Å². The zero-order valence-electron chi connectivity index (χ0n) is 10.6. The van der Waals surface area contributed by atoms with Gasteiger partial charge >= 0.3 is 0 Å². The van der Waals surface area contributed by atoms with Crippen molar-refractivity contribution >= 4 is 15.9 Å². The van der Waals surface area contributed by atoms with Gasteiger partial charge in [0.15, 0.2) is 0 Å². The lowest BCUT2D eigenvalue weighted by Crippen LogP contribution is -2.07. The average molecular weight is 285 g/mol. The number of aryl methyl sites for hydroxylation is 1. The van der Waals surface area contributed by atoms with Gasteiger partial charge in [-0.2, -0.15) is 0 Å². The van der Waals surface area contributed by atoms with E-state index in [9.17, 15) is 0 Å². The Morgan fingerprint density at radius 2 is 2.00 bits per heavy atom. The van der Waals surface area contributed by atoms with Crippen LogP contribution < -0.4 is 4.74 Å². The SMILES string of the molecule is COc1ccc(C)cc1CC(Br)CC(C)C. The van der Waals surface area contributed by atoms with Gasteiger partial charge in [-0.1, -0.05) is 47.5 Å². The van der Waals surface area contributed by atoms with E-state index in [4.69, 9.17) is 4.74 Å². The number of hydrogen-bond donors (Lipinski definition) is 0. The molecule has 2 heteroatoms. The molecule has 0 aliphatic heterocycles. The predicted molar refractivity (Wildman–Crippen MR) is 73.6 cm³/mol. The smallest absolute Gasteiger partial charge is 0.122 e. The van der Waals surface area contributed by atoms with Gasteiger partial charge in [0.05, 0.1) is 7.11 Å². The van der Waals surface area contributed by atoms with E-state index in [1.54, 1.807) is 7.11 Å². The van der Waals surface area contributed by atoms with E-state index < -0.39 is 0 Å². The number of halogens is 1. The van der Waals surface area contributed by atoms with Crippen LogP contribution in [-0.2, 0) is 6.42 Å². The number of methoxy groups -OCH3 is 1. The number of ether oxygens (including phenoxy) is 1. The van der Waals surface area contributed by atoms with Crippen molar-refractivity contribution in [2.24, 2.45) is 5.92 Å². The molecule has 1 aromatic carbocycles. The standard InChI is InChI=1S/C14H21BrO/c1-10(2)7-13(15)9-12-8-11(3)5-6-14(12)16-4/h5-6,8,10,13H,7,9H2,1-4H3. The van der Waals surface area contributed by atoms with Crippen LogP contribution in [0.15, 0.2) is 18.2 Å². The zero-order chi connectivity index (χ0) is 12.1. The third kappa shape index (κ3) is 4.17. The summed E-state index contributed by atoms with van der Waals surface area (Å²) in [5.74, 6) is 1.72. The maximum absolute atomic E-state index is 5.39. The monoisotopic (exact) mass is 284 g/mol. The minimum Gasteiger partial charge on any atom is -0.496 e. The van der Waals surface area contributed by atoms with Gasteiger partial charge in [-0.3, -0.25) is 0 Å². The summed E-state index contributed by atoms with van der Waals surface area (Å²) in [6.07, 6.45) is 2.22. The highest BCUT2D eigenvalue weighted by Crippen LogP contribution is 2.25. The van der Waals surface area contributed by atoms with Crippen molar-refractivity contribution in [1.82, 2.24) is 0 Å². The van der Waals surface area contributed by atoms with Crippen LogP contribution in [0.2, 0.25) is 0 Å². The van der Waals surface area contributed by atoms with Gasteiger partial charge in [0.2, 0.25) is 0 Å². The summed E-state index contributed by atoms with van der Waals surface area (Å²) in [4.78, 5) is 0.531. The van der Waals surface area contributed by atoms with Crippen molar-refractivity contribution in [3.8, 4) is 5.75 Å². The Kier molecular flexibility index (Phi) is 5.33. The topological polar surface area (TPSA) is 9.23 Å². The Morgan fingerprint density at radius 3 is 2.56 bits per heavy atom. The van der Waals surface area contributed by atoms with E-state index in [1.165, 1.54) is 17.5 Å². The van der Waals surface area contributed by atoms with E-state index >= 15 is 0 Å². The predicted octanol–water partition coefficient (Wildman–Crippen LogP) is 4.36. The van der Waals surface area contributed by atoms with Gasteiger partial charge in [0.1, 0.15) is 5.75 Å². The van der Waals surface area contributed by atoms with Crippen LogP contribution in [0.3, 0.4) is 0 Å². The Morgan fingerprint density at radius 1 is 1.31 bits per heavy atom. The molecule has 1 unspecified atom stereocenters. The van der Waals surface area contributed by atoms with Crippen LogP contribution in [0.4, 0.5) is 0 Å². The Balaban J connectivity index is 2.74. The first-order valence-electron chi connectivity index (χ1n) is 5.80. The van der Waals surface area contributed by atoms with E-state index in [0.29, 0.717) is 4.83 Å². The fourth-order valence-corrected chi connectivity index (χ4v) is 3.00. The Labute approximate surface area is 107 Å². The molecule has 0 aliphatic carbocycles. The molecule has 0 heterocycles. The van der Waals surface area contributed by atoms with Crippen molar-refractivity contribution in [1.29, 1.82) is 0 Å². The number of alkyl halides is 1. The molecule has 0 spiro atoms. The highest BCUT2D eigenvalue weighted by molar-refractivity contribution is 9.09. The van der Waals surface area contributed by atoms with Crippen molar-refractivity contribution in [2.45, 2.75) is 38.4 Å². The molecule has 0 amide bonds. The van der Waals surface area contributed by atoms with Crippen LogP contribution in [0.25, 0.3) is 0 Å². The molecule has 1 nitrogen and oxygen atoms in total. The summed E-state index contributed by atoms with van der Waals surface area (Å²) in [6.45, 7) is 6.62. The first-order chi connectivity index (χ1) is 7.52. The fourth-order valence-electron chi connectivity index (χ4n) is 1.90. The molecule has 0 saturated carbocycles. The molecule has 0 bridgehead atoms. The third-order valence-electron chi connectivity index (χ3n) is 2.60. The second-order valence-electron chi connectivity index (χ2n) is 4.75. The molecule has 1 aromatic rings. The summed E-state index contributed by atoms with van der Waals surface area (Å²) >= 11 is 3.75. The third-order valence-corrected chi connectivity index (χ3v) is 3.30. The van der Waals surface area contributed by atoms with Gasteiger partial charge < -0.3 is 4.74 Å². The summed E-state index contributed by atoms with van der Waals surface area (Å²) < 4.78 is 5.39. The highest BCUT2D eigenvalue weighted by Gasteiger charge is 2.11. The fraction of sp³-hybridized carbons (Fsp3) is 0.571. The molecular weight excluding hydrogens is 264 g/mol. The van der Waals surface area contributed by atoms with Crippen molar-refractivity contribution in [3.63, 3.8) is 0 Å². The normalized spacial score (nSPS) is 12.9. The average Bonchev–Trinajstić information content (AvgIpc) is 2.16. The lowest BCUT2D eigenvalue weighted by atomic mass is 10.0. The molecule has 0 N–H and O–H groups in total. The minimum absolute atomic E-state index is 0.531. The molecule has 0 aromatic heterocycles. The van der Waals surface area contributed by atoms with Gasteiger partial charge in [-0.05, 0) is 37.3 Å². The summed E-state index contributed by atoms with van der Waals surface area (Å²) in [7, 11) is 1.74. The van der Waals surface area contributed by atoms with E-state index in [1.807, 2.05) is 0 Å². The van der Waals surface area contributed by atoms with Crippen molar-refractivity contribution in [3.05, 3.63) is 29.3 Å². The van der Waals surface area contributed by atoms with Gasteiger partial charge in [0.25, 0.3) is 0 Å². The number of benzene rings is 1. The molecule has 1 rings (SSSR count). The van der Waals surface area contributed by atoms with Crippen LogP contribution in [-0.4, -0.2) is 11.9 Å². The van der Waals surface area contributed by atoms with Crippen molar-refractivity contribution < 1.29 is 4.74 Å². The van der Waals surface area contributed by atoms with Crippen LogP contribution in [0, 0.1) is 12.8 Å². The largest absolute Gasteiger partial charge is 0.496 e. The van der Waals surface area contributed by atoms with E-state index in [0.717, 1.165) is 18.1 Å². The quantitative estimate of drug-likeness (QED) is 0.730. The lowest BCUT2D eigenvalue weighted by Gasteiger charge is -2.15. The summed E-state index contributed by atoms with van der Waals surface area (Å²) in [5.41, 5.74) is 2.59. The highest BCUT2D eigenvalue weighted by atomic mass is 79.9. The first-order valence-corrected chi connectivity index (χ1v) is 6.72. The van der Waals surface area contributed by atoms with E-state index in [-0.39, 0.29) is 0 Å². The van der Waals surface area contributed by atoms with E-state index in [2.05, 4.69) is 54.9 Å². The molecule has 1 atom stereocenters. The molecule has 0 aliphatic rings. The maximum Gasteiger partial charge on any atom is 0.122 e. The molecular formula is C14H21BrO. The molecule has 90 valence electrons. The molecule has 16 heavy (non-hydrogen) atoms. The lowest BCUT2D eigenvalue weighted by molar-refractivity contribution is 0.408. The molecule has 0 fully saturated rings. The van der Waals surface area contributed by atoms with Crippen LogP contribution in [0.1, 0.15) is 31.4 Å². The minimum atomic E-state index is 0.531. The second-order valence-corrected chi connectivity index (χ2v) is 6.04. The molecule has 0 radical (unpaired) electrons. The van der Waals surface area contributed by atoms with Crippen LogP contribution in [0.5, 0.6) is 5.75 Å². The Hall–Kier alpha value is -0.500. The number of hydrogen-bond acceptors (Lipinski definition) is 1. The summed E-state index contributed by atoms with van der Waals surface area (Å²) in [6, 6.07) is 6.36. The molecule has 0 saturated heterocycles. The van der Waals surface area contributed by atoms with Gasteiger partial charge in [0, 0.05) is 4.83 Å². The van der Waals surface area contributed by atoms with Crippen LogP contribution >= 0.6 is 15.9 Å².